The summed E-state index contributed by atoms with van der Waals surface area (Å²) >= 11 is 0. The Morgan fingerprint density at radius 3 is 2.69 bits per heavy atom. The molecule has 13 heavy (non-hydrogen) atoms. The zero-order chi connectivity index (χ0) is 9.84. The van der Waals surface area contributed by atoms with Crippen LogP contribution in [0.4, 0.5) is 0 Å². The maximum absolute atomic E-state index is 10.3. The Labute approximate surface area is 77.0 Å². The van der Waals surface area contributed by atoms with E-state index >= 15 is 0 Å². The minimum Gasteiger partial charge on any atom is -0.508 e. The molecule has 1 aromatic rings. The van der Waals surface area contributed by atoms with Crippen LogP contribution in [-0.2, 0) is 4.79 Å². The van der Waals surface area contributed by atoms with Crippen molar-refractivity contribution in [1.82, 2.24) is 0 Å². The van der Waals surface area contributed by atoms with Gasteiger partial charge in [0.2, 0.25) is 6.29 Å². The predicted octanol–water partition coefficient (Wildman–Crippen LogP) is 1.61. The lowest BCUT2D eigenvalue weighted by molar-refractivity contribution is 0.406. The average molecular weight is 179 g/mol. The van der Waals surface area contributed by atoms with E-state index in [1.165, 1.54) is 13.2 Å². The molecule has 1 aromatic carbocycles. The second kappa shape index (κ2) is 3.94. The maximum atomic E-state index is 10.3. The van der Waals surface area contributed by atoms with Crippen molar-refractivity contribution in [2.45, 2.75) is 12.8 Å². The Bertz CT molecular complexity index is 307. The molecule has 0 bridgehead atoms. The van der Waals surface area contributed by atoms with Gasteiger partial charge in [-0.3, -0.25) is 4.79 Å². The van der Waals surface area contributed by atoms with Gasteiger partial charge in [-0.05, 0) is 6.07 Å². The summed E-state index contributed by atoms with van der Waals surface area (Å²) in [4.78, 5) is 10.3. The van der Waals surface area contributed by atoms with Gasteiger partial charge in [-0.1, -0.05) is 13.0 Å². The first kappa shape index (κ1) is 9.58. The molecule has 69 valence electrons. The SMILES string of the molecule is COc1ccc(C(C)[C]=O)c(O)c1. The maximum Gasteiger partial charge on any atom is 0.206 e. The Morgan fingerprint density at radius 2 is 2.23 bits per heavy atom. The molecule has 0 aliphatic rings. The van der Waals surface area contributed by atoms with Gasteiger partial charge in [-0.2, -0.15) is 0 Å². The molecule has 1 radical (unpaired) electrons. The van der Waals surface area contributed by atoms with Gasteiger partial charge in [-0.15, -0.1) is 0 Å². The lowest BCUT2D eigenvalue weighted by Crippen LogP contribution is -1.95. The first-order valence-corrected chi connectivity index (χ1v) is 3.93. The van der Waals surface area contributed by atoms with Gasteiger partial charge in [0.15, 0.2) is 0 Å². The molecule has 0 spiro atoms. The van der Waals surface area contributed by atoms with Gasteiger partial charge in [0.05, 0.1) is 13.0 Å². The van der Waals surface area contributed by atoms with E-state index in [9.17, 15) is 9.90 Å². The number of aromatic hydroxyl groups is 1. The van der Waals surface area contributed by atoms with Crippen LogP contribution >= 0.6 is 0 Å². The average Bonchev–Trinajstić information content (AvgIpc) is 2.16. The Morgan fingerprint density at radius 1 is 1.54 bits per heavy atom. The van der Waals surface area contributed by atoms with Gasteiger partial charge in [0.1, 0.15) is 11.5 Å². The smallest absolute Gasteiger partial charge is 0.206 e. The van der Waals surface area contributed by atoms with E-state index in [2.05, 4.69) is 0 Å². The minimum atomic E-state index is -0.411. The molecule has 1 atom stereocenters. The Balaban J connectivity index is 3.04. The molecular formula is C10H11O3. The molecule has 1 rings (SSSR count). The summed E-state index contributed by atoms with van der Waals surface area (Å²) in [6.45, 7) is 1.68. The number of phenols is 1. The number of hydrogen-bond donors (Lipinski definition) is 1. The van der Waals surface area contributed by atoms with Crippen molar-refractivity contribution in [3.05, 3.63) is 23.8 Å². The van der Waals surface area contributed by atoms with Crippen LogP contribution in [0.2, 0.25) is 0 Å². The molecular weight excluding hydrogens is 168 g/mol. The van der Waals surface area contributed by atoms with Gasteiger partial charge in [-0.25, -0.2) is 0 Å². The molecule has 0 saturated carbocycles. The normalized spacial score (nSPS) is 12.2. The highest BCUT2D eigenvalue weighted by Crippen LogP contribution is 2.28. The van der Waals surface area contributed by atoms with Crippen molar-refractivity contribution < 1.29 is 14.6 Å². The number of benzene rings is 1. The zero-order valence-electron chi connectivity index (χ0n) is 7.57. The topological polar surface area (TPSA) is 46.5 Å². The van der Waals surface area contributed by atoms with Crippen LogP contribution in [0.25, 0.3) is 0 Å². The second-order valence-electron chi connectivity index (χ2n) is 2.76. The fourth-order valence-corrected chi connectivity index (χ4v) is 1.08. The van der Waals surface area contributed by atoms with Crippen LogP contribution in [0, 0.1) is 0 Å². The predicted molar refractivity (Wildman–Crippen MR) is 48.8 cm³/mol. The third kappa shape index (κ3) is 1.99. The summed E-state index contributed by atoms with van der Waals surface area (Å²) in [6.07, 6.45) is 1.81. The van der Waals surface area contributed by atoms with E-state index in [1.54, 1.807) is 19.1 Å². The van der Waals surface area contributed by atoms with Crippen LogP contribution in [0.1, 0.15) is 18.4 Å². The third-order valence-corrected chi connectivity index (χ3v) is 1.88. The largest absolute Gasteiger partial charge is 0.508 e. The fraction of sp³-hybridized carbons (Fsp3) is 0.300. The van der Waals surface area contributed by atoms with Gasteiger partial charge >= 0.3 is 0 Å². The van der Waals surface area contributed by atoms with Crippen LogP contribution < -0.4 is 4.74 Å². The lowest BCUT2D eigenvalue weighted by Gasteiger charge is -2.07. The van der Waals surface area contributed by atoms with Crippen LogP contribution in [0.5, 0.6) is 11.5 Å². The molecule has 1 N–H and O–H groups in total. The summed E-state index contributed by atoms with van der Waals surface area (Å²) in [5, 5.41) is 9.47. The molecule has 0 aromatic heterocycles. The van der Waals surface area contributed by atoms with Gasteiger partial charge in [0.25, 0.3) is 0 Å². The van der Waals surface area contributed by atoms with Crippen molar-refractivity contribution in [2.75, 3.05) is 7.11 Å². The van der Waals surface area contributed by atoms with Crippen LogP contribution in [0.15, 0.2) is 18.2 Å². The zero-order valence-corrected chi connectivity index (χ0v) is 7.57. The third-order valence-electron chi connectivity index (χ3n) is 1.88. The van der Waals surface area contributed by atoms with Crippen molar-refractivity contribution in [1.29, 1.82) is 0 Å². The van der Waals surface area contributed by atoms with E-state index in [0.717, 1.165) is 0 Å². The molecule has 0 amide bonds. The van der Waals surface area contributed by atoms with E-state index in [4.69, 9.17) is 4.74 Å². The quantitative estimate of drug-likeness (QED) is 0.766. The van der Waals surface area contributed by atoms with Gasteiger partial charge < -0.3 is 9.84 Å². The summed E-state index contributed by atoms with van der Waals surface area (Å²) < 4.78 is 4.90. The number of carbonyl (C=O) groups excluding carboxylic acids is 1. The lowest BCUT2D eigenvalue weighted by atomic mass is 10.0. The molecule has 0 fully saturated rings. The Hall–Kier alpha value is -1.51. The molecule has 0 saturated heterocycles. The number of ether oxygens (including phenoxy) is 1. The van der Waals surface area contributed by atoms with Crippen molar-refractivity contribution in [3.63, 3.8) is 0 Å². The standard InChI is InChI=1S/C10H11O3/c1-7(6-11)9-4-3-8(13-2)5-10(9)12/h3-5,7,12H,1-2H3. The van der Waals surface area contributed by atoms with Gasteiger partial charge in [0, 0.05) is 11.6 Å². The molecule has 0 aliphatic heterocycles. The highest BCUT2D eigenvalue weighted by atomic mass is 16.5. The van der Waals surface area contributed by atoms with Crippen molar-refractivity contribution in [2.24, 2.45) is 0 Å². The number of hydrogen-bond acceptors (Lipinski definition) is 3. The number of phenolic OH excluding ortho intramolecular Hbond substituents is 1. The summed E-state index contributed by atoms with van der Waals surface area (Å²) in [5.74, 6) is 0.223. The highest BCUT2D eigenvalue weighted by Gasteiger charge is 2.10. The summed E-state index contributed by atoms with van der Waals surface area (Å²) in [5.41, 5.74) is 0.566. The molecule has 3 heteroatoms. The van der Waals surface area contributed by atoms with Crippen molar-refractivity contribution in [3.8, 4) is 11.5 Å². The number of methoxy groups -OCH3 is 1. The summed E-state index contributed by atoms with van der Waals surface area (Å²) in [6, 6.07) is 4.83. The Kier molecular flexibility index (Phi) is 2.90. The first-order chi connectivity index (χ1) is 6.19. The van der Waals surface area contributed by atoms with Crippen LogP contribution in [-0.4, -0.2) is 18.5 Å². The van der Waals surface area contributed by atoms with E-state index < -0.39 is 5.92 Å². The second-order valence-corrected chi connectivity index (χ2v) is 2.76. The van der Waals surface area contributed by atoms with Crippen LogP contribution in [0.3, 0.4) is 0 Å². The molecule has 0 heterocycles. The van der Waals surface area contributed by atoms with E-state index in [-0.39, 0.29) is 5.75 Å². The van der Waals surface area contributed by atoms with Crippen molar-refractivity contribution >= 4 is 6.29 Å². The first-order valence-electron chi connectivity index (χ1n) is 3.93. The monoisotopic (exact) mass is 179 g/mol. The fourth-order valence-electron chi connectivity index (χ4n) is 1.08. The minimum absolute atomic E-state index is 0.0650. The van der Waals surface area contributed by atoms with E-state index in [0.29, 0.717) is 11.3 Å². The number of rotatable bonds is 3. The molecule has 0 aliphatic carbocycles. The molecule has 3 nitrogen and oxygen atoms in total. The molecule has 1 unspecified atom stereocenters. The van der Waals surface area contributed by atoms with E-state index in [1.807, 2.05) is 6.29 Å². The summed E-state index contributed by atoms with van der Waals surface area (Å²) in [7, 11) is 1.52. The highest BCUT2D eigenvalue weighted by molar-refractivity contribution is 5.64.